The first-order valence-corrected chi connectivity index (χ1v) is 16.3. The topological polar surface area (TPSA) is 93.1 Å². The molecule has 0 aliphatic heterocycles. The Kier molecular flexibility index (Phi) is 17.1. The molecule has 46 heavy (non-hydrogen) atoms. The highest BCUT2D eigenvalue weighted by Crippen LogP contribution is 2.37. The molecular formula is C35H55ClN6O4. The molecule has 4 atom stereocenters. The van der Waals surface area contributed by atoms with Gasteiger partial charge in [0.2, 0.25) is 0 Å². The standard InChI is InChI=1S/C35H55ClN6O4/c1-11-18-40(7)30(13-3)33(38-17-19-42(14-4)35(43)46-22-25(5)6)28-16-15-26(36)20-29(28)27(12-2)34(31-21-37-24-41(31)8)39-32(45-10)23-44-9/h11-13,15-16,18,20-21,24-25,30,32-34,38-39H,3,14,17,19,22-23H2,1-2,4-10H3/b18-11-,27-12+/t30?,32?,33-,34+/m0/s1. The van der Waals surface area contributed by atoms with Gasteiger partial charge in [0.1, 0.15) is 6.23 Å². The SMILES string of the molecule is C=CC([C@@H](NCCN(CC)C(=O)OCC(C)C)c1ccc(Cl)cc1/C(=C\C)[C@@H](NC(COC)OC)c1cncn1C)N(C)/C=C\C. The first-order valence-electron chi connectivity index (χ1n) is 15.9. The Morgan fingerprint density at radius 2 is 1.96 bits per heavy atom. The number of methoxy groups -OCH3 is 2. The van der Waals surface area contributed by atoms with Crippen LogP contribution in [-0.2, 0) is 21.3 Å². The van der Waals surface area contributed by atoms with E-state index >= 15 is 0 Å². The van der Waals surface area contributed by atoms with Gasteiger partial charge < -0.3 is 33.9 Å². The molecule has 0 fully saturated rings. The van der Waals surface area contributed by atoms with Crippen molar-refractivity contribution in [3.8, 4) is 0 Å². The molecule has 1 amide bonds. The number of aryl methyl sites for hydroxylation is 1. The molecule has 1 aromatic heterocycles. The van der Waals surface area contributed by atoms with Crippen LogP contribution in [0.15, 0.2) is 61.7 Å². The Bertz CT molecular complexity index is 1280. The molecule has 2 unspecified atom stereocenters. The third kappa shape index (κ3) is 11.0. The number of aromatic nitrogens is 2. The molecule has 0 saturated heterocycles. The van der Waals surface area contributed by atoms with Gasteiger partial charge in [-0.2, -0.15) is 0 Å². The highest BCUT2D eigenvalue weighted by molar-refractivity contribution is 6.30. The lowest BCUT2D eigenvalue weighted by molar-refractivity contribution is 0.00343. The molecular weight excluding hydrogens is 604 g/mol. The van der Waals surface area contributed by atoms with Gasteiger partial charge in [-0.05, 0) is 61.7 Å². The van der Waals surface area contributed by atoms with E-state index in [2.05, 4.69) is 39.2 Å². The normalized spacial score (nSPS) is 14.7. The summed E-state index contributed by atoms with van der Waals surface area (Å²) in [4.78, 5) is 21.0. The van der Waals surface area contributed by atoms with Gasteiger partial charge >= 0.3 is 6.09 Å². The van der Waals surface area contributed by atoms with Crippen molar-refractivity contribution >= 4 is 23.3 Å². The van der Waals surface area contributed by atoms with Crippen molar-refractivity contribution in [2.75, 3.05) is 54.1 Å². The van der Waals surface area contributed by atoms with Crippen LogP contribution in [0.3, 0.4) is 0 Å². The van der Waals surface area contributed by atoms with Crippen LogP contribution in [0.4, 0.5) is 4.79 Å². The van der Waals surface area contributed by atoms with E-state index < -0.39 is 0 Å². The van der Waals surface area contributed by atoms with Crippen LogP contribution in [0.5, 0.6) is 0 Å². The second kappa shape index (κ2) is 20.2. The fourth-order valence-corrected chi connectivity index (χ4v) is 5.55. The molecule has 1 aromatic carbocycles. The Labute approximate surface area is 281 Å². The van der Waals surface area contributed by atoms with Gasteiger partial charge in [-0.25, -0.2) is 9.78 Å². The summed E-state index contributed by atoms with van der Waals surface area (Å²) in [6, 6.07) is 5.31. The number of allylic oxidation sites excluding steroid dienone is 2. The van der Waals surface area contributed by atoms with E-state index in [9.17, 15) is 4.79 Å². The van der Waals surface area contributed by atoms with Crippen molar-refractivity contribution in [3.63, 3.8) is 0 Å². The molecule has 256 valence electrons. The fraction of sp³-hybridized carbons (Fsp3) is 0.543. The van der Waals surface area contributed by atoms with E-state index in [-0.39, 0.29) is 36.4 Å². The fourth-order valence-electron chi connectivity index (χ4n) is 5.38. The summed E-state index contributed by atoms with van der Waals surface area (Å²) in [6.07, 6.45) is 11.0. The van der Waals surface area contributed by atoms with Crippen molar-refractivity contribution in [2.45, 2.75) is 59.0 Å². The van der Waals surface area contributed by atoms with Gasteiger partial charge in [-0.1, -0.05) is 49.7 Å². The molecule has 0 aliphatic carbocycles. The second-order valence-electron chi connectivity index (χ2n) is 11.5. The molecule has 2 rings (SSSR count). The Morgan fingerprint density at radius 1 is 1.22 bits per heavy atom. The van der Waals surface area contributed by atoms with Crippen LogP contribution in [0.25, 0.3) is 5.57 Å². The summed E-state index contributed by atoms with van der Waals surface area (Å²) >= 11 is 6.71. The number of carbonyl (C=O) groups is 1. The van der Waals surface area contributed by atoms with Crippen LogP contribution >= 0.6 is 11.6 Å². The first kappa shape index (κ1) is 39.0. The minimum absolute atomic E-state index is 0.138. The average Bonchev–Trinajstić information content (AvgIpc) is 3.46. The highest BCUT2D eigenvalue weighted by atomic mass is 35.5. The van der Waals surface area contributed by atoms with Crippen LogP contribution in [0, 0.1) is 5.92 Å². The average molecular weight is 659 g/mol. The maximum Gasteiger partial charge on any atom is 0.409 e. The zero-order valence-corrected chi connectivity index (χ0v) is 29.9. The summed E-state index contributed by atoms with van der Waals surface area (Å²) in [5.74, 6) is 0.267. The minimum Gasteiger partial charge on any atom is -0.449 e. The van der Waals surface area contributed by atoms with Gasteiger partial charge in [-0.3, -0.25) is 5.32 Å². The van der Waals surface area contributed by atoms with Crippen molar-refractivity contribution in [3.05, 3.63) is 83.6 Å². The Hall–Kier alpha value is -3.15. The molecule has 0 bridgehead atoms. The molecule has 2 aromatic rings. The van der Waals surface area contributed by atoms with Gasteiger partial charge in [0, 0.05) is 53.0 Å². The summed E-state index contributed by atoms with van der Waals surface area (Å²) in [5, 5.41) is 8.00. The summed E-state index contributed by atoms with van der Waals surface area (Å²) in [5.41, 5.74) is 3.93. The number of likely N-dealkylation sites (N-methyl/N-ethyl adjacent to an activating group) is 2. The molecule has 11 heteroatoms. The number of hydrogen-bond acceptors (Lipinski definition) is 8. The first-order chi connectivity index (χ1) is 22.1. The van der Waals surface area contributed by atoms with E-state index in [0.717, 1.165) is 22.4 Å². The monoisotopic (exact) mass is 658 g/mol. The number of carbonyl (C=O) groups excluding carboxylic acids is 1. The maximum absolute atomic E-state index is 12.8. The zero-order valence-electron chi connectivity index (χ0n) is 29.1. The third-order valence-electron chi connectivity index (χ3n) is 7.75. The van der Waals surface area contributed by atoms with Crippen LogP contribution in [0.1, 0.15) is 63.5 Å². The third-order valence-corrected chi connectivity index (χ3v) is 7.99. The largest absolute Gasteiger partial charge is 0.449 e. The molecule has 0 aliphatic rings. The lowest BCUT2D eigenvalue weighted by atomic mass is 9.86. The van der Waals surface area contributed by atoms with Gasteiger partial charge in [0.15, 0.2) is 0 Å². The highest BCUT2D eigenvalue weighted by Gasteiger charge is 2.30. The van der Waals surface area contributed by atoms with E-state index in [1.165, 1.54) is 0 Å². The number of hydrogen-bond donors (Lipinski definition) is 2. The number of nitrogens with one attached hydrogen (secondary N) is 2. The summed E-state index contributed by atoms with van der Waals surface area (Å²) < 4.78 is 18.7. The summed E-state index contributed by atoms with van der Waals surface area (Å²) in [7, 11) is 7.30. The Morgan fingerprint density at radius 3 is 2.50 bits per heavy atom. The molecule has 0 radical (unpaired) electrons. The number of nitrogens with zero attached hydrogens (tertiary/aromatic N) is 4. The lowest BCUT2D eigenvalue weighted by Gasteiger charge is -2.36. The number of rotatable bonds is 20. The van der Waals surface area contributed by atoms with Gasteiger partial charge in [0.05, 0.1) is 49.6 Å². The number of ether oxygens (including phenoxy) is 3. The van der Waals surface area contributed by atoms with Gasteiger partial charge in [0.25, 0.3) is 0 Å². The summed E-state index contributed by atoms with van der Waals surface area (Å²) in [6.45, 7) is 16.5. The van der Waals surface area contributed by atoms with E-state index in [1.807, 2.05) is 90.0 Å². The number of benzene rings is 1. The van der Waals surface area contributed by atoms with Crippen LogP contribution in [-0.4, -0.2) is 91.8 Å². The molecule has 10 nitrogen and oxygen atoms in total. The van der Waals surface area contributed by atoms with E-state index in [1.54, 1.807) is 25.4 Å². The lowest BCUT2D eigenvalue weighted by Crippen LogP contribution is -2.44. The minimum atomic E-state index is -0.381. The molecule has 0 saturated carbocycles. The van der Waals surface area contributed by atoms with Crippen molar-refractivity contribution in [1.29, 1.82) is 0 Å². The number of imidazole rings is 1. The zero-order chi connectivity index (χ0) is 34.2. The predicted octanol–water partition coefficient (Wildman–Crippen LogP) is 6.19. The van der Waals surface area contributed by atoms with Crippen molar-refractivity contribution in [2.24, 2.45) is 13.0 Å². The second-order valence-corrected chi connectivity index (χ2v) is 12.0. The maximum atomic E-state index is 12.8. The van der Waals surface area contributed by atoms with Gasteiger partial charge in [-0.15, -0.1) is 6.58 Å². The Balaban J connectivity index is 2.63. The predicted molar refractivity (Wildman–Crippen MR) is 188 cm³/mol. The quantitative estimate of drug-likeness (QED) is 0.129. The van der Waals surface area contributed by atoms with E-state index in [0.29, 0.717) is 37.9 Å². The van der Waals surface area contributed by atoms with Crippen LogP contribution < -0.4 is 10.6 Å². The molecule has 2 N–H and O–H groups in total. The molecule has 1 heterocycles. The van der Waals surface area contributed by atoms with E-state index in [4.69, 9.17) is 25.8 Å². The van der Waals surface area contributed by atoms with Crippen molar-refractivity contribution in [1.82, 2.24) is 30.0 Å². The smallest absolute Gasteiger partial charge is 0.409 e. The number of amides is 1. The number of halogens is 1. The van der Waals surface area contributed by atoms with Crippen LogP contribution in [0.2, 0.25) is 5.02 Å². The van der Waals surface area contributed by atoms with Crippen molar-refractivity contribution < 1.29 is 19.0 Å². The molecule has 0 spiro atoms.